The Morgan fingerprint density at radius 3 is 2.21 bits per heavy atom. The van der Waals surface area contributed by atoms with Gasteiger partial charge in [-0.05, 0) is 38.9 Å². The van der Waals surface area contributed by atoms with Gasteiger partial charge < -0.3 is 10.1 Å². The monoisotopic (exact) mass is 598 g/mol. The van der Waals surface area contributed by atoms with Crippen LogP contribution in [0.3, 0.4) is 0 Å². The number of hydrogen-bond acceptors (Lipinski definition) is 9. The minimum absolute atomic E-state index is 0.141. The van der Waals surface area contributed by atoms with E-state index in [4.69, 9.17) is 4.74 Å². The van der Waals surface area contributed by atoms with Crippen LogP contribution in [0.15, 0.2) is 107 Å². The van der Waals surface area contributed by atoms with Crippen molar-refractivity contribution in [2.75, 3.05) is 5.75 Å². The molecule has 1 saturated heterocycles. The van der Waals surface area contributed by atoms with Crippen molar-refractivity contribution in [3.8, 4) is 0 Å². The molecule has 12 heteroatoms. The molecule has 212 valence electrons. The normalized spacial score (nSPS) is 18.0. The van der Waals surface area contributed by atoms with E-state index in [1.165, 1.54) is 33.1 Å². The van der Waals surface area contributed by atoms with Crippen LogP contribution in [0.2, 0.25) is 0 Å². The lowest BCUT2D eigenvalue weighted by atomic mass is 10.0. The summed E-state index contributed by atoms with van der Waals surface area (Å²) >= 11 is 2.68. The van der Waals surface area contributed by atoms with E-state index in [2.05, 4.69) is 20.8 Å². The standard InChI is InChI=1S/C30H26N6O4S2/c1-35-30(32-33-34-35)42-22-18-41-28-24(31-23(37)17-19-11-5-2-6-12-19)27(38)36(28)25(22)29(39)40-26(20-13-7-3-8-14-20)21-15-9-4-10-16-21/h2-16,24,26,28H,17-18H2,1H3,(H,31,37)/t24-,28+/m1/s1. The molecule has 1 fully saturated rings. The maximum atomic E-state index is 14.0. The summed E-state index contributed by atoms with van der Waals surface area (Å²) in [5, 5.41) is 14.5. The van der Waals surface area contributed by atoms with Crippen molar-refractivity contribution in [1.29, 1.82) is 0 Å². The molecule has 1 N–H and O–H groups in total. The van der Waals surface area contributed by atoms with Gasteiger partial charge in [0.1, 0.15) is 17.1 Å². The van der Waals surface area contributed by atoms with E-state index in [9.17, 15) is 14.4 Å². The number of nitrogens with zero attached hydrogens (tertiary/aromatic N) is 5. The molecule has 0 spiro atoms. The number of carbonyl (C=O) groups excluding carboxylic acids is 3. The maximum Gasteiger partial charge on any atom is 0.356 e. The molecule has 3 heterocycles. The summed E-state index contributed by atoms with van der Waals surface area (Å²) in [5.74, 6) is -0.863. The molecule has 4 aromatic rings. The van der Waals surface area contributed by atoms with Crippen LogP contribution in [0, 0.1) is 0 Å². The molecule has 3 aromatic carbocycles. The van der Waals surface area contributed by atoms with Crippen LogP contribution < -0.4 is 5.32 Å². The van der Waals surface area contributed by atoms with Crippen molar-refractivity contribution < 1.29 is 19.1 Å². The molecule has 2 aliphatic rings. The van der Waals surface area contributed by atoms with Crippen LogP contribution in [0.4, 0.5) is 0 Å². The Bertz CT molecular complexity index is 1590. The fourth-order valence-corrected chi connectivity index (χ4v) is 7.21. The molecule has 10 nitrogen and oxygen atoms in total. The highest BCUT2D eigenvalue weighted by atomic mass is 32.2. The lowest BCUT2D eigenvalue weighted by Crippen LogP contribution is -2.70. The van der Waals surface area contributed by atoms with E-state index in [0.717, 1.165) is 16.7 Å². The van der Waals surface area contributed by atoms with Crippen LogP contribution in [0.5, 0.6) is 0 Å². The number of benzene rings is 3. The molecule has 0 saturated carbocycles. The number of fused-ring (bicyclic) bond motifs is 1. The summed E-state index contributed by atoms with van der Waals surface area (Å²) in [4.78, 5) is 42.4. The maximum absolute atomic E-state index is 14.0. The first-order chi connectivity index (χ1) is 20.5. The quantitative estimate of drug-likeness (QED) is 0.228. The summed E-state index contributed by atoms with van der Waals surface area (Å²) in [6.45, 7) is 0. The molecule has 0 radical (unpaired) electrons. The van der Waals surface area contributed by atoms with Gasteiger partial charge in [0.25, 0.3) is 5.91 Å². The second-order valence-electron chi connectivity index (χ2n) is 9.68. The number of amides is 2. The van der Waals surface area contributed by atoms with Crippen LogP contribution in [0.25, 0.3) is 0 Å². The fraction of sp³-hybridized carbons (Fsp3) is 0.200. The predicted molar refractivity (Wildman–Crippen MR) is 158 cm³/mol. The molecule has 2 amide bonds. The smallest absolute Gasteiger partial charge is 0.356 e. The number of rotatable bonds is 9. The summed E-state index contributed by atoms with van der Waals surface area (Å²) in [6.07, 6.45) is -0.538. The van der Waals surface area contributed by atoms with E-state index in [0.29, 0.717) is 15.8 Å². The molecule has 2 aliphatic heterocycles. The fourth-order valence-electron chi connectivity index (χ4n) is 4.83. The largest absolute Gasteiger partial charge is 0.448 e. The zero-order valence-electron chi connectivity index (χ0n) is 22.5. The van der Waals surface area contributed by atoms with Crippen molar-refractivity contribution in [1.82, 2.24) is 30.4 Å². The molecule has 6 rings (SSSR count). The van der Waals surface area contributed by atoms with E-state index in [1.807, 2.05) is 91.0 Å². The third-order valence-corrected chi connectivity index (χ3v) is 9.45. The Morgan fingerprint density at radius 1 is 1.00 bits per heavy atom. The van der Waals surface area contributed by atoms with Crippen LogP contribution >= 0.6 is 23.5 Å². The average molecular weight is 599 g/mol. The highest BCUT2D eigenvalue weighted by Gasteiger charge is 2.55. The van der Waals surface area contributed by atoms with Gasteiger partial charge in [0.15, 0.2) is 6.10 Å². The average Bonchev–Trinajstić information content (AvgIpc) is 3.43. The molecular formula is C30H26N6O4S2. The molecule has 42 heavy (non-hydrogen) atoms. The zero-order chi connectivity index (χ0) is 29.1. The van der Waals surface area contributed by atoms with Gasteiger partial charge >= 0.3 is 5.97 Å². The summed E-state index contributed by atoms with van der Waals surface area (Å²) in [6, 6.07) is 27.5. The van der Waals surface area contributed by atoms with E-state index in [1.54, 1.807) is 7.05 Å². The van der Waals surface area contributed by atoms with E-state index >= 15 is 0 Å². The topological polar surface area (TPSA) is 119 Å². The molecule has 2 atom stereocenters. The zero-order valence-corrected chi connectivity index (χ0v) is 24.1. The SMILES string of the molecule is Cn1nnnc1SC1=C(C(=O)OC(c2ccccc2)c2ccccc2)N2C(=O)[C@@H](NC(=O)Cc3ccccc3)[C@@H]2SC1. The number of aromatic nitrogens is 4. The third-order valence-electron chi connectivity index (χ3n) is 6.88. The second-order valence-corrected chi connectivity index (χ2v) is 11.9. The Kier molecular flexibility index (Phi) is 8.06. The molecule has 0 aliphatic carbocycles. The van der Waals surface area contributed by atoms with E-state index in [-0.39, 0.29) is 23.9 Å². The first kappa shape index (κ1) is 27.7. The number of ether oxygens (including phenoxy) is 1. The number of hydrogen-bond donors (Lipinski definition) is 1. The van der Waals surface area contributed by atoms with Crippen molar-refractivity contribution in [3.05, 3.63) is 118 Å². The van der Waals surface area contributed by atoms with Gasteiger partial charge in [-0.15, -0.1) is 16.9 Å². The van der Waals surface area contributed by atoms with Crippen molar-refractivity contribution >= 4 is 41.3 Å². The number of thioether (sulfide) groups is 2. The lowest BCUT2D eigenvalue weighted by molar-refractivity contribution is -0.154. The van der Waals surface area contributed by atoms with Crippen LogP contribution in [-0.4, -0.2) is 60.1 Å². The number of aryl methyl sites for hydroxylation is 1. The molecule has 0 bridgehead atoms. The lowest BCUT2D eigenvalue weighted by Gasteiger charge is -2.49. The van der Waals surface area contributed by atoms with Gasteiger partial charge in [0.2, 0.25) is 11.1 Å². The van der Waals surface area contributed by atoms with Crippen LogP contribution in [0.1, 0.15) is 22.8 Å². The van der Waals surface area contributed by atoms with Crippen molar-refractivity contribution in [3.63, 3.8) is 0 Å². The number of esters is 1. The van der Waals surface area contributed by atoms with Gasteiger partial charge in [-0.1, -0.05) is 91.0 Å². The van der Waals surface area contributed by atoms with Gasteiger partial charge in [-0.25, -0.2) is 9.48 Å². The van der Waals surface area contributed by atoms with E-state index < -0.39 is 23.5 Å². The highest BCUT2D eigenvalue weighted by Crippen LogP contribution is 2.45. The first-order valence-corrected chi connectivity index (χ1v) is 15.1. The molecular weight excluding hydrogens is 573 g/mol. The Morgan fingerprint density at radius 2 is 1.62 bits per heavy atom. The highest BCUT2D eigenvalue weighted by molar-refractivity contribution is 8.06. The van der Waals surface area contributed by atoms with Gasteiger partial charge in [-0.3, -0.25) is 14.5 Å². The minimum atomic E-state index is -0.754. The third kappa shape index (κ3) is 5.68. The first-order valence-electron chi connectivity index (χ1n) is 13.2. The second kappa shape index (κ2) is 12.2. The number of nitrogens with one attached hydrogen (secondary N) is 1. The van der Waals surface area contributed by atoms with Gasteiger partial charge in [0, 0.05) is 17.7 Å². The Hall–Kier alpha value is -4.42. The summed E-state index contributed by atoms with van der Waals surface area (Å²) in [5.41, 5.74) is 2.59. The summed E-state index contributed by atoms with van der Waals surface area (Å²) < 4.78 is 7.68. The Balaban J connectivity index is 1.29. The van der Waals surface area contributed by atoms with Crippen LogP contribution in [-0.2, 0) is 32.6 Å². The minimum Gasteiger partial charge on any atom is -0.448 e. The van der Waals surface area contributed by atoms with Gasteiger partial charge in [0.05, 0.1) is 6.42 Å². The number of carbonyl (C=O) groups is 3. The number of β-lactam (4-membered cyclic amide) rings is 1. The van der Waals surface area contributed by atoms with Crippen molar-refractivity contribution in [2.24, 2.45) is 7.05 Å². The van der Waals surface area contributed by atoms with Crippen molar-refractivity contribution in [2.45, 2.75) is 29.1 Å². The Labute approximate surface area is 250 Å². The summed E-state index contributed by atoms with van der Waals surface area (Å²) in [7, 11) is 1.70. The molecule has 0 unspecified atom stereocenters. The predicted octanol–water partition coefficient (Wildman–Crippen LogP) is 3.49. The molecule has 1 aromatic heterocycles. The van der Waals surface area contributed by atoms with Gasteiger partial charge in [-0.2, -0.15) is 0 Å². The number of tetrazole rings is 1.